The molecule has 0 aliphatic carbocycles. The summed E-state index contributed by atoms with van der Waals surface area (Å²) < 4.78 is 26.0. The summed E-state index contributed by atoms with van der Waals surface area (Å²) in [4.78, 5) is 27.3. The van der Waals surface area contributed by atoms with Crippen LogP contribution in [0.15, 0.2) is 54.6 Å². The van der Waals surface area contributed by atoms with Gasteiger partial charge in [-0.25, -0.2) is 8.42 Å². The minimum atomic E-state index is -3.71. The molecule has 0 fully saturated rings. The van der Waals surface area contributed by atoms with Crippen molar-refractivity contribution in [3.63, 3.8) is 0 Å². The number of hydrogen-bond donors (Lipinski definition) is 1. The van der Waals surface area contributed by atoms with Crippen molar-refractivity contribution in [2.45, 2.75) is 39.8 Å². The first-order chi connectivity index (χ1) is 14.6. The Morgan fingerprint density at radius 3 is 2.32 bits per heavy atom. The van der Waals surface area contributed by atoms with Gasteiger partial charge in [-0.15, -0.1) is 0 Å². The molecule has 2 rings (SSSR count). The maximum atomic E-state index is 13.3. The third-order valence-corrected chi connectivity index (χ3v) is 6.02. The maximum absolute atomic E-state index is 13.3. The summed E-state index contributed by atoms with van der Waals surface area (Å²) in [6.07, 6.45) is 1.85. The van der Waals surface area contributed by atoms with Crippen LogP contribution in [0.3, 0.4) is 0 Å². The van der Waals surface area contributed by atoms with E-state index in [0.29, 0.717) is 12.2 Å². The van der Waals surface area contributed by atoms with Gasteiger partial charge >= 0.3 is 0 Å². The number of aryl methyl sites for hydroxylation is 1. The third kappa shape index (κ3) is 7.10. The Kier molecular flexibility index (Phi) is 8.62. The molecule has 0 saturated carbocycles. The number of hydrogen-bond acceptors (Lipinski definition) is 4. The van der Waals surface area contributed by atoms with Crippen molar-refractivity contribution in [2.24, 2.45) is 0 Å². The van der Waals surface area contributed by atoms with Gasteiger partial charge in [0, 0.05) is 13.1 Å². The zero-order chi connectivity index (χ0) is 23.0. The lowest BCUT2D eigenvalue weighted by Crippen LogP contribution is -2.51. The highest BCUT2D eigenvalue weighted by Crippen LogP contribution is 2.20. The Labute approximate surface area is 185 Å². The molecule has 1 atom stereocenters. The Morgan fingerprint density at radius 2 is 1.74 bits per heavy atom. The highest BCUT2D eigenvalue weighted by atomic mass is 32.2. The van der Waals surface area contributed by atoms with Crippen LogP contribution in [-0.2, 0) is 26.2 Å². The van der Waals surface area contributed by atoms with E-state index in [1.165, 1.54) is 4.90 Å². The fraction of sp³-hybridized carbons (Fsp3) is 0.391. The van der Waals surface area contributed by atoms with Crippen LogP contribution in [0.2, 0.25) is 0 Å². The maximum Gasteiger partial charge on any atom is 0.244 e. The van der Waals surface area contributed by atoms with Crippen molar-refractivity contribution in [3.05, 3.63) is 65.7 Å². The second kappa shape index (κ2) is 10.9. The molecule has 0 aliphatic rings. The fourth-order valence-corrected chi connectivity index (χ4v) is 4.00. The van der Waals surface area contributed by atoms with Gasteiger partial charge in [-0.05, 0) is 43.5 Å². The smallest absolute Gasteiger partial charge is 0.244 e. The number of carbonyl (C=O) groups is 2. The minimum absolute atomic E-state index is 0.200. The minimum Gasteiger partial charge on any atom is -0.354 e. The molecule has 0 bridgehead atoms. The first-order valence-electron chi connectivity index (χ1n) is 10.3. The van der Waals surface area contributed by atoms with Crippen molar-refractivity contribution in [1.29, 1.82) is 0 Å². The molecule has 8 heteroatoms. The summed E-state index contributed by atoms with van der Waals surface area (Å²) in [7, 11) is -3.71. The Bertz CT molecular complexity index is 993. The van der Waals surface area contributed by atoms with E-state index in [0.717, 1.165) is 28.1 Å². The van der Waals surface area contributed by atoms with E-state index >= 15 is 0 Å². The first-order valence-corrected chi connectivity index (χ1v) is 12.1. The first kappa shape index (κ1) is 24.4. The van der Waals surface area contributed by atoms with Gasteiger partial charge in [0.2, 0.25) is 21.8 Å². The van der Waals surface area contributed by atoms with Crippen LogP contribution in [0.1, 0.15) is 31.4 Å². The van der Waals surface area contributed by atoms with Crippen LogP contribution in [0, 0.1) is 6.92 Å². The van der Waals surface area contributed by atoms with Crippen LogP contribution in [-0.4, -0.2) is 50.5 Å². The van der Waals surface area contributed by atoms with Crippen molar-refractivity contribution < 1.29 is 18.0 Å². The molecule has 0 aliphatic heterocycles. The summed E-state index contributed by atoms with van der Waals surface area (Å²) in [5.74, 6) is -0.720. The number of nitrogens with zero attached hydrogens (tertiary/aromatic N) is 2. The number of nitrogens with one attached hydrogen (secondary N) is 1. The molecule has 0 radical (unpaired) electrons. The SMILES string of the molecule is CCCNC(=O)[C@@H](C)N(Cc1ccccc1)C(=O)CN(c1cccc(C)c1)S(C)(=O)=O. The molecule has 0 saturated heterocycles. The molecule has 31 heavy (non-hydrogen) atoms. The predicted molar refractivity (Wildman–Crippen MR) is 123 cm³/mol. The molecule has 2 aromatic carbocycles. The summed E-state index contributed by atoms with van der Waals surface area (Å²) in [6.45, 7) is 5.78. The third-order valence-electron chi connectivity index (χ3n) is 4.88. The fourth-order valence-electron chi connectivity index (χ4n) is 3.16. The van der Waals surface area contributed by atoms with Crippen molar-refractivity contribution in [1.82, 2.24) is 10.2 Å². The molecule has 7 nitrogen and oxygen atoms in total. The number of benzene rings is 2. The predicted octanol–water partition coefficient (Wildman–Crippen LogP) is 2.70. The second-order valence-electron chi connectivity index (χ2n) is 7.58. The summed E-state index contributed by atoms with van der Waals surface area (Å²) in [5, 5.41) is 2.81. The Morgan fingerprint density at radius 1 is 1.06 bits per heavy atom. The molecule has 168 valence electrons. The molecule has 2 aromatic rings. The molecular formula is C23H31N3O4S. The van der Waals surface area contributed by atoms with Crippen molar-refractivity contribution in [3.8, 4) is 0 Å². The van der Waals surface area contributed by atoms with Crippen LogP contribution < -0.4 is 9.62 Å². The van der Waals surface area contributed by atoms with Gasteiger partial charge in [-0.3, -0.25) is 13.9 Å². The summed E-state index contributed by atoms with van der Waals surface area (Å²) in [6, 6.07) is 15.5. The van der Waals surface area contributed by atoms with E-state index in [2.05, 4.69) is 5.32 Å². The number of amides is 2. The van der Waals surface area contributed by atoms with Crippen LogP contribution in [0.5, 0.6) is 0 Å². The topological polar surface area (TPSA) is 86.8 Å². The normalized spacial score (nSPS) is 12.1. The standard InChI is InChI=1S/C23H31N3O4S/c1-5-14-24-23(28)19(3)25(16-20-11-7-6-8-12-20)22(27)17-26(31(4,29)30)21-13-9-10-18(2)15-21/h6-13,15,19H,5,14,16-17H2,1-4H3,(H,24,28)/t19-/m1/s1. The summed E-state index contributed by atoms with van der Waals surface area (Å²) in [5.41, 5.74) is 2.15. The van der Waals surface area contributed by atoms with Gasteiger partial charge in [0.05, 0.1) is 11.9 Å². The van der Waals surface area contributed by atoms with Crippen LogP contribution in [0.25, 0.3) is 0 Å². The van der Waals surface area contributed by atoms with E-state index < -0.39 is 22.0 Å². The zero-order valence-corrected chi connectivity index (χ0v) is 19.4. The highest BCUT2D eigenvalue weighted by molar-refractivity contribution is 7.92. The molecule has 0 heterocycles. The van der Waals surface area contributed by atoms with Crippen LogP contribution >= 0.6 is 0 Å². The molecular weight excluding hydrogens is 414 g/mol. The van der Waals surface area contributed by atoms with Crippen molar-refractivity contribution in [2.75, 3.05) is 23.7 Å². The zero-order valence-electron chi connectivity index (χ0n) is 18.5. The number of rotatable bonds is 10. The van der Waals surface area contributed by atoms with E-state index in [9.17, 15) is 18.0 Å². The Balaban J connectivity index is 2.34. The monoisotopic (exact) mass is 445 g/mol. The highest BCUT2D eigenvalue weighted by Gasteiger charge is 2.29. The van der Waals surface area contributed by atoms with Crippen molar-refractivity contribution >= 4 is 27.5 Å². The Hall–Kier alpha value is -2.87. The van der Waals surface area contributed by atoms with Gasteiger partial charge < -0.3 is 10.2 Å². The quantitative estimate of drug-likeness (QED) is 0.609. The summed E-state index contributed by atoms with van der Waals surface area (Å²) >= 11 is 0. The molecule has 0 aromatic heterocycles. The van der Waals surface area contributed by atoms with Crippen LogP contribution in [0.4, 0.5) is 5.69 Å². The molecule has 0 spiro atoms. The van der Waals surface area contributed by atoms with Gasteiger partial charge in [0.15, 0.2) is 0 Å². The number of sulfonamides is 1. The molecule has 1 N–H and O–H groups in total. The number of carbonyl (C=O) groups excluding carboxylic acids is 2. The molecule has 0 unspecified atom stereocenters. The lowest BCUT2D eigenvalue weighted by molar-refractivity contribution is -0.139. The van der Waals surface area contributed by atoms with Gasteiger partial charge in [0.1, 0.15) is 12.6 Å². The van der Waals surface area contributed by atoms with Gasteiger partial charge in [-0.1, -0.05) is 49.4 Å². The average Bonchev–Trinajstić information content (AvgIpc) is 2.73. The average molecular weight is 446 g/mol. The van der Waals surface area contributed by atoms with E-state index in [-0.39, 0.29) is 19.0 Å². The lowest BCUT2D eigenvalue weighted by atomic mass is 10.1. The largest absolute Gasteiger partial charge is 0.354 e. The van der Waals surface area contributed by atoms with Gasteiger partial charge in [-0.2, -0.15) is 0 Å². The van der Waals surface area contributed by atoms with E-state index in [1.54, 1.807) is 25.1 Å². The lowest BCUT2D eigenvalue weighted by Gasteiger charge is -2.31. The molecule has 2 amide bonds. The van der Waals surface area contributed by atoms with E-state index in [1.807, 2.05) is 50.2 Å². The van der Waals surface area contributed by atoms with E-state index in [4.69, 9.17) is 0 Å². The number of anilines is 1. The second-order valence-corrected chi connectivity index (χ2v) is 9.49. The van der Waals surface area contributed by atoms with Gasteiger partial charge in [0.25, 0.3) is 0 Å².